The first-order valence-corrected chi connectivity index (χ1v) is 8.62. The Kier molecular flexibility index (Phi) is 6.40. The molecule has 2 rings (SSSR count). The molecule has 7 heteroatoms. The number of hydrogen-bond donors (Lipinski definition) is 2. The van der Waals surface area contributed by atoms with Crippen LogP contribution in [0.1, 0.15) is 22.8 Å². The molecule has 0 unspecified atom stereocenters. The van der Waals surface area contributed by atoms with Gasteiger partial charge in [-0.2, -0.15) is 5.10 Å². The molecule has 23 heavy (non-hydrogen) atoms. The topological polar surface area (TPSA) is 70.9 Å². The number of amides is 1. The van der Waals surface area contributed by atoms with E-state index in [1.807, 2.05) is 29.5 Å². The van der Waals surface area contributed by atoms with Crippen molar-refractivity contribution in [2.24, 2.45) is 5.10 Å². The van der Waals surface area contributed by atoms with Crippen molar-refractivity contribution in [2.45, 2.75) is 6.92 Å². The van der Waals surface area contributed by atoms with Crippen LogP contribution in [0.4, 0.5) is 0 Å². The first-order chi connectivity index (χ1) is 11.0. The van der Waals surface area contributed by atoms with Gasteiger partial charge < -0.3 is 9.84 Å². The third-order valence-corrected chi connectivity index (χ3v) is 4.19. The maximum atomic E-state index is 11.9. The Morgan fingerprint density at radius 1 is 1.39 bits per heavy atom. The third kappa shape index (κ3) is 4.93. The average Bonchev–Trinajstić information content (AvgIpc) is 2.53. The molecule has 0 aliphatic heterocycles. The summed E-state index contributed by atoms with van der Waals surface area (Å²) in [7, 11) is 0. The number of aromatic hydroxyl groups is 1. The minimum Gasteiger partial charge on any atom is -0.504 e. The van der Waals surface area contributed by atoms with Crippen molar-refractivity contribution < 1.29 is 14.6 Å². The smallest absolute Gasteiger partial charge is 0.271 e. The number of ether oxygens (including phenoxy) is 1. The fraction of sp³-hybridized carbons (Fsp3) is 0.125. The molecule has 0 aliphatic carbocycles. The van der Waals surface area contributed by atoms with Crippen molar-refractivity contribution in [3.05, 3.63) is 55.6 Å². The molecule has 0 fully saturated rings. The average molecular weight is 489 g/mol. The summed E-state index contributed by atoms with van der Waals surface area (Å²) in [6.07, 6.45) is 1.50. The lowest BCUT2D eigenvalue weighted by Gasteiger charge is -2.08. The van der Waals surface area contributed by atoms with Crippen molar-refractivity contribution in [1.82, 2.24) is 5.43 Å². The van der Waals surface area contributed by atoms with Gasteiger partial charge in [-0.25, -0.2) is 5.43 Å². The molecule has 1 amide bonds. The molecule has 2 N–H and O–H groups in total. The summed E-state index contributed by atoms with van der Waals surface area (Å²) >= 11 is 5.32. The molecule has 5 nitrogen and oxygen atoms in total. The fourth-order valence-corrected chi connectivity index (χ4v) is 2.65. The van der Waals surface area contributed by atoms with Crippen LogP contribution in [-0.4, -0.2) is 23.8 Å². The van der Waals surface area contributed by atoms with Crippen molar-refractivity contribution in [1.29, 1.82) is 0 Å². The van der Waals surface area contributed by atoms with Gasteiger partial charge in [-0.15, -0.1) is 0 Å². The third-order valence-electron chi connectivity index (χ3n) is 2.84. The highest BCUT2D eigenvalue weighted by Gasteiger charge is 2.08. The maximum absolute atomic E-state index is 11.9. The van der Waals surface area contributed by atoms with Gasteiger partial charge in [0, 0.05) is 10.0 Å². The molecule has 0 saturated heterocycles. The number of hydrazone groups is 1. The molecule has 0 atom stereocenters. The number of hydrogen-bond acceptors (Lipinski definition) is 4. The van der Waals surface area contributed by atoms with Crippen molar-refractivity contribution in [3.63, 3.8) is 0 Å². The zero-order valence-electron chi connectivity index (χ0n) is 12.2. The summed E-state index contributed by atoms with van der Waals surface area (Å²) < 4.78 is 6.91. The highest BCUT2D eigenvalue weighted by molar-refractivity contribution is 14.1. The fourth-order valence-electron chi connectivity index (χ4n) is 1.77. The Hall–Kier alpha value is -1.61. The lowest BCUT2D eigenvalue weighted by atomic mass is 10.2. The van der Waals surface area contributed by atoms with Crippen LogP contribution in [0.3, 0.4) is 0 Å². The first kappa shape index (κ1) is 17.7. The number of rotatable bonds is 5. The van der Waals surface area contributed by atoms with Gasteiger partial charge in [0.2, 0.25) is 0 Å². The summed E-state index contributed by atoms with van der Waals surface area (Å²) in [6, 6.07) is 10.4. The van der Waals surface area contributed by atoms with E-state index in [0.29, 0.717) is 27.1 Å². The Labute approximate surface area is 156 Å². The van der Waals surface area contributed by atoms with Crippen molar-refractivity contribution >= 4 is 50.6 Å². The number of halogens is 2. The molecule has 2 aromatic carbocycles. The van der Waals surface area contributed by atoms with Gasteiger partial charge in [0.25, 0.3) is 5.91 Å². The standard InChI is InChI=1S/C16H14BrIN2O3/c1-2-23-14-8-10(7-13(18)15(14)21)9-19-20-16(22)11-3-5-12(17)6-4-11/h3-9,21H,2H2,1H3,(H,20,22)/b19-9-. The largest absolute Gasteiger partial charge is 0.504 e. The van der Waals surface area contributed by atoms with Gasteiger partial charge in [-0.3, -0.25) is 4.79 Å². The second-order valence-corrected chi connectivity index (χ2v) is 6.57. The van der Waals surface area contributed by atoms with Crippen LogP contribution in [0.25, 0.3) is 0 Å². The van der Waals surface area contributed by atoms with E-state index in [2.05, 4.69) is 26.5 Å². The summed E-state index contributed by atoms with van der Waals surface area (Å²) in [5.41, 5.74) is 3.69. The molecule has 0 aliphatic rings. The van der Waals surface area contributed by atoms with E-state index in [9.17, 15) is 9.90 Å². The summed E-state index contributed by atoms with van der Waals surface area (Å²) in [4.78, 5) is 11.9. The summed E-state index contributed by atoms with van der Waals surface area (Å²) in [6.45, 7) is 2.29. The lowest BCUT2D eigenvalue weighted by Crippen LogP contribution is -2.17. The molecule has 0 saturated carbocycles. The van der Waals surface area contributed by atoms with Gasteiger partial charge in [0.15, 0.2) is 11.5 Å². The highest BCUT2D eigenvalue weighted by Crippen LogP contribution is 2.32. The predicted octanol–water partition coefficient (Wildman–Crippen LogP) is 3.92. The SMILES string of the molecule is CCOc1cc(/C=N\NC(=O)c2ccc(Br)cc2)cc(I)c1O. The lowest BCUT2D eigenvalue weighted by molar-refractivity contribution is 0.0955. The van der Waals surface area contributed by atoms with Gasteiger partial charge in [0.05, 0.1) is 16.4 Å². The number of phenolic OH excluding ortho intramolecular Hbond substituents is 1. The Morgan fingerprint density at radius 2 is 2.09 bits per heavy atom. The molecular formula is C16H14BrIN2O3. The van der Waals surface area contributed by atoms with Crippen molar-refractivity contribution in [2.75, 3.05) is 6.61 Å². The normalized spacial score (nSPS) is 10.7. The van der Waals surface area contributed by atoms with Crippen LogP contribution in [0.2, 0.25) is 0 Å². The van der Waals surface area contributed by atoms with E-state index in [1.165, 1.54) is 6.21 Å². The second kappa shape index (κ2) is 8.30. The molecule has 120 valence electrons. The number of nitrogens with zero attached hydrogens (tertiary/aromatic N) is 1. The van der Waals surface area contributed by atoms with Gasteiger partial charge in [-0.1, -0.05) is 15.9 Å². The number of phenols is 1. The Balaban J connectivity index is 2.08. The molecule has 0 radical (unpaired) electrons. The molecular weight excluding hydrogens is 475 g/mol. The maximum Gasteiger partial charge on any atom is 0.271 e. The minimum atomic E-state index is -0.299. The molecule has 0 spiro atoms. The Morgan fingerprint density at radius 3 is 2.74 bits per heavy atom. The monoisotopic (exact) mass is 488 g/mol. The summed E-state index contributed by atoms with van der Waals surface area (Å²) in [5.74, 6) is 0.191. The van der Waals surface area contributed by atoms with E-state index in [4.69, 9.17) is 4.74 Å². The van der Waals surface area contributed by atoms with Crippen LogP contribution in [-0.2, 0) is 0 Å². The van der Waals surface area contributed by atoms with E-state index >= 15 is 0 Å². The van der Waals surface area contributed by atoms with Crippen LogP contribution >= 0.6 is 38.5 Å². The number of nitrogens with one attached hydrogen (secondary N) is 1. The van der Waals surface area contributed by atoms with Crippen LogP contribution in [0.15, 0.2) is 46.0 Å². The first-order valence-electron chi connectivity index (χ1n) is 6.75. The summed E-state index contributed by atoms with van der Waals surface area (Å²) in [5, 5.41) is 13.8. The van der Waals surface area contributed by atoms with Crippen LogP contribution in [0.5, 0.6) is 11.5 Å². The number of carbonyl (C=O) groups excluding carboxylic acids is 1. The van der Waals surface area contributed by atoms with Crippen LogP contribution < -0.4 is 10.2 Å². The zero-order chi connectivity index (χ0) is 16.8. The van der Waals surface area contributed by atoms with E-state index in [0.717, 1.165) is 4.47 Å². The van der Waals surface area contributed by atoms with Crippen LogP contribution in [0, 0.1) is 3.57 Å². The Bertz CT molecular complexity index is 733. The number of benzene rings is 2. The van der Waals surface area contributed by atoms with Crippen molar-refractivity contribution in [3.8, 4) is 11.5 Å². The predicted molar refractivity (Wildman–Crippen MR) is 101 cm³/mol. The number of carbonyl (C=O) groups is 1. The zero-order valence-corrected chi connectivity index (χ0v) is 16.0. The van der Waals surface area contributed by atoms with Gasteiger partial charge in [-0.05, 0) is 71.5 Å². The van der Waals surface area contributed by atoms with Gasteiger partial charge >= 0.3 is 0 Å². The molecule has 2 aromatic rings. The highest BCUT2D eigenvalue weighted by atomic mass is 127. The quantitative estimate of drug-likeness (QED) is 0.380. The molecule has 0 bridgehead atoms. The minimum absolute atomic E-state index is 0.100. The molecule has 0 aromatic heterocycles. The van der Waals surface area contributed by atoms with Gasteiger partial charge in [0.1, 0.15) is 0 Å². The second-order valence-electron chi connectivity index (χ2n) is 4.49. The van der Waals surface area contributed by atoms with E-state index in [-0.39, 0.29) is 11.7 Å². The van der Waals surface area contributed by atoms with E-state index < -0.39 is 0 Å². The molecule has 0 heterocycles. The van der Waals surface area contributed by atoms with E-state index in [1.54, 1.807) is 36.4 Å².